The lowest BCUT2D eigenvalue weighted by Gasteiger charge is -2.44. The zero-order valence-corrected chi connectivity index (χ0v) is 11.6. The quantitative estimate of drug-likeness (QED) is 0.746. The van der Waals surface area contributed by atoms with Crippen molar-refractivity contribution in [2.45, 2.75) is 44.8 Å². The maximum Gasteiger partial charge on any atom is 0.122 e. The first-order chi connectivity index (χ1) is 8.60. The van der Waals surface area contributed by atoms with Crippen LogP contribution in [0.3, 0.4) is 0 Å². The first-order valence-corrected chi connectivity index (χ1v) is 6.65. The van der Waals surface area contributed by atoms with E-state index in [4.69, 9.17) is 4.74 Å². The van der Waals surface area contributed by atoms with Crippen LogP contribution < -0.4 is 0 Å². The summed E-state index contributed by atoms with van der Waals surface area (Å²) in [6, 6.07) is 9.70. The van der Waals surface area contributed by atoms with E-state index in [-0.39, 0.29) is 0 Å². The third kappa shape index (κ3) is 2.36. The van der Waals surface area contributed by atoms with E-state index >= 15 is 0 Å². The van der Waals surface area contributed by atoms with E-state index in [2.05, 4.69) is 6.58 Å². The Hall–Kier alpha value is -1.12. The number of ether oxygens (including phenoxy) is 1. The van der Waals surface area contributed by atoms with Crippen LogP contribution in [0, 0.1) is 0 Å². The zero-order valence-electron chi connectivity index (χ0n) is 11.6. The molecule has 2 atom stereocenters. The van der Waals surface area contributed by atoms with Crippen molar-refractivity contribution in [3.05, 3.63) is 48.6 Å². The summed E-state index contributed by atoms with van der Waals surface area (Å²) >= 11 is 0. The van der Waals surface area contributed by atoms with Gasteiger partial charge in [-0.3, -0.25) is 0 Å². The topological polar surface area (TPSA) is 29.5 Å². The van der Waals surface area contributed by atoms with Gasteiger partial charge in [0.25, 0.3) is 0 Å². The summed E-state index contributed by atoms with van der Waals surface area (Å²) in [5.41, 5.74) is -0.902. The molecule has 0 spiro atoms. The Morgan fingerprint density at radius 2 is 1.78 bits per heavy atom. The predicted octanol–water partition coefficient (Wildman–Crippen LogP) is 3.66. The standard InChI is InChI=1S/C16H24O2/c1-5-15(6-2,18-8-4)16(17,7-3)14-12-10-9-11-13-14/h5,9-13,17H,1,6-8H2,2-4H3/t15-,16+/m1/s1. The minimum atomic E-state index is -1.04. The monoisotopic (exact) mass is 248 g/mol. The molecule has 0 saturated carbocycles. The smallest absolute Gasteiger partial charge is 0.122 e. The van der Waals surface area contributed by atoms with Crippen LogP contribution in [0.15, 0.2) is 43.0 Å². The normalized spacial score (nSPS) is 17.8. The van der Waals surface area contributed by atoms with Crippen LogP contribution in [0.4, 0.5) is 0 Å². The molecular weight excluding hydrogens is 224 g/mol. The third-order valence-corrected chi connectivity index (χ3v) is 3.72. The molecule has 0 aromatic heterocycles. The molecule has 1 rings (SSSR count). The van der Waals surface area contributed by atoms with Gasteiger partial charge in [-0.05, 0) is 25.3 Å². The second-order valence-corrected chi connectivity index (χ2v) is 4.46. The summed E-state index contributed by atoms with van der Waals surface area (Å²) in [5, 5.41) is 11.1. The van der Waals surface area contributed by atoms with Gasteiger partial charge < -0.3 is 9.84 Å². The average Bonchev–Trinajstić information content (AvgIpc) is 2.45. The molecule has 18 heavy (non-hydrogen) atoms. The van der Waals surface area contributed by atoms with Gasteiger partial charge in [0.15, 0.2) is 0 Å². The van der Waals surface area contributed by atoms with Crippen molar-refractivity contribution in [2.24, 2.45) is 0 Å². The Bertz CT molecular complexity index is 374. The summed E-state index contributed by atoms with van der Waals surface area (Å²) in [6.07, 6.45) is 3.01. The first kappa shape index (κ1) is 14.9. The first-order valence-electron chi connectivity index (χ1n) is 6.65. The van der Waals surface area contributed by atoms with Gasteiger partial charge in [0.05, 0.1) is 0 Å². The lowest BCUT2D eigenvalue weighted by molar-refractivity contribution is -0.164. The van der Waals surface area contributed by atoms with Crippen molar-refractivity contribution >= 4 is 0 Å². The summed E-state index contributed by atoms with van der Waals surface area (Å²) in [5.74, 6) is 0. The lowest BCUT2D eigenvalue weighted by Crippen LogP contribution is -2.51. The van der Waals surface area contributed by atoms with Crippen LogP contribution in [0.25, 0.3) is 0 Å². The molecule has 0 aliphatic heterocycles. The Kier molecular flexibility index (Phi) is 5.12. The van der Waals surface area contributed by atoms with E-state index in [0.29, 0.717) is 19.4 Å². The number of rotatable bonds is 7. The number of hydrogen-bond donors (Lipinski definition) is 1. The summed E-state index contributed by atoms with van der Waals surface area (Å²) in [6.45, 7) is 10.4. The fraction of sp³-hybridized carbons (Fsp3) is 0.500. The number of benzene rings is 1. The second kappa shape index (κ2) is 6.17. The fourth-order valence-electron chi connectivity index (χ4n) is 2.61. The van der Waals surface area contributed by atoms with Crippen molar-refractivity contribution in [3.63, 3.8) is 0 Å². The van der Waals surface area contributed by atoms with Gasteiger partial charge in [-0.1, -0.05) is 50.3 Å². The molecular formula is C16H24O2. The molecule has 0 amide bonds. The van der Waals surface area contributed by atoms with Gasteiger partial charge in [-0.2, -0.15) is 0 Å². The van der Waals surface area contributed by atoms with E-state index < -0.39 is 11.2 Å². The lowest BCUT2D eigenvalue weighted by atomic mass is 9.74. The highest BCUT2D eigenvalue weighted by molar-refractivity contribution is 5.29. The van der Waals surface area contributed by atoms with Crippen molar-refractivity contribution in [1.82, 2.24) is 0 Å². The molecule has 0 aliphatic rings. The Morgan fingerprint density at radius 1 is 1.17 bits per heavy atom. The van der Waals surface area contributed by atoms with E-state index in [9.17, 15) is 5.11 Å². The van der Waals surface area contributed by atoms with E-state index in [1.165, 1.54) is 0 Å². The number of aliphatic hydroxyl groups is 1. The molecule has 0 unspecified atom stereocenters. The minimum Gasteiger partial charge on any atom is -0.382 e. The maximum atomic E-state index is 11.1. The van der Waals surface area contributed by atoms with Crippen LogP contribution in [0.1, 0.15) is 39.2 Å². The highest BCUT2D eigenvalue weighted by atomic mass is 16.5. The van der Waals surface area contributed by atoms with Crippen molar-refractivity contribution < 1.29 is 9.84 Å². The summed E-state index contributed by atoms with van der Waals surface area (Å²) < 4.78 is 5.87. The Balaban J connectivity index is 3.31. The molecule has 100 valence electrons. The van der Waals surface area contributed by atoms with Gasteiger partial charge in [0, 0.05) is 6.61 Å². The van der Waals surface area contributed by atoms with Gasteiger partial charge in [0.1, 0.15) is 11.2 Å². The largest absolute Gasteiger partial charge is 0.382 e. The molecule has 1 aromatic rings. The molecule has 1 aromatic carbocycles. The molecule has 0 fully saturated rings. The molecule has 1 N–H and O–H groups in total. The van der Waals surface area contributed by atoms with Crippen LogP contribution in [-0.4, -0.2) is 17.3 Å². The van der Waals surface area contributed by atoms with Crippen molar-refractivity contribution in [2.75, 3.05) is 6.61 Å². The second-order valence-electron chi connectivity index (χ2n) is 4.46. The molecule has 0 aliphatic carbocycles. The van der Waals surface area contributed by atoms with Crippen LogP contribution in [0.2, 0.25) is 0 Å². The van der Waals surface area contributed by atoms with E-state index in [1.807, 2.05) is 51.1 Å². The number of hydrogen-bond acceptors (Lipinski definition) is 2. The molecule has 0 radical (unpaired) electrons. The fourth-order valence-corrected chi connectivity index (χ4v) is 2.61. The van der Waals surface area contributed by atoms with Gasteiger partial charge in [-0.25, -0.2) is 0 Å². The zero-order chi connectivity index (χ0) is 13.6. The van der Waals surface area contributed by atoms with Crippen LogP contribution in [0.5, 0.6) is 0 Å². The molecule has 0 saturated heterocycles. The highest BCUT2D eigenvalue weighted by Gasteiger charge is 2.48. The van der Waals surface area contributed by atoms with Crippen LogP contribution >= 0.6 is 0 Å². The summed E-state index contributed by atoms with van der Waals surface area (Å²) in [7, 11) is 0. The minimum absolute atomic E-state index is 0.551. The van der Waals surface area contributed by atoms with Crippen molar-refractivity contribution in [3.8, 4) is 0 Å². The SMILES string of the molecule is C=C[C@](CC)(OCC)[C@](O)(CC)c1ccccc1. The van der Waals surface area contributed by atoms with E-state index in [1.54, 1.807) is 6.08 Å². The van der Waals surface area contributed by atoms with E-state index in [0.717, 1.165) is 5.56 Å². The third-order valence-electron chi connectivity index (χ3n) is 3.72. The molecule has 2 nitrogen and oxygen atoms in total. The molecule has 0 bridgehead atoms. The Labute approximate surface area is 110 Å². The van der Waals surface area contributed by atoms with Crippen molar-refractivity contribution in [1.29, 1.82) is 0 Å². The van der Waals surface area contributed by atoms with Gasteiger partial charge in [0.2, 0.25) is 0 Å². The molecule has 2 heteroatoms. The van der Waals surface area contributed by atoms with Crippen LogP contribution in [-0.2, 0) is 10.3 Å². The van der Waals surface area contributed by atoms with Gasteiger partial charge in [-0.15, -0.1) is 6.58 Å². The summed E-state index contributed by atoms with van der Waals surface area (Å²) in [4.78, 5) is 0. The highest BCUT2D eigenvalue weighted by Crippen LogP contribution is 2.41. The molecule has 0 heterocycles. The maximum absolute atomic E-state index is 11.1. The predicted molar refractivity (Wildman–Crippen MR) is 75.5 cm³/mol. The average molecular weight is 248 g/mol. The van der Waals surface area contributed by atoms with Gasteiger partial charge >= 0.3 is 0 Å². The Morgan fingerprint density at radius 3 is 2.17 bits per heavy atom.